The van der Waals surface area contributed by atoms with Crippen molar-refractivity contribution in [3.8, 4) is 0 Å². The molecule has 1 rings (SSSR count). The highest BCUT2D eigenvalue weighted by Gasteiger charge is 2.15. The van der Waals surface area contributed by atoms with Gasteiger partial charge in [0.15, 0.2) is 0 Å². The molecule has 1 aliphatic heterocycles. The van der Waals surface area contributed by atoms with E-state index in [2.05, 4.69) is 16.0 Å². The topological polar surface area (TPSA) is 73.4 Å². The van der Waals surface area contributed by atoms with Crippen molar-refractivity contribution >= 4 is 6.03 Å². The number of amides is 2. The molecule has 1 atom stereocenters. The smallest absolute Gasteiger partial charge is 0.315 e. The lowest BCUT2D eigenvalue weighted by Gasteiger charge is -2.11. The van der Waals surface area contributed by atoms with E-state index in [4.69, 9.17) is 5.11 Å². The first kappa shape index (κ1) is 9.28. The van der Waals surface area contributed by atoms with Gasteiger partial charge in [0.2, 0.25) is 0 Å². The van der Waals surface area contributed by atoms with Gasteiger partial charge in [0.1, 0.15) is 0 Å². The summed E-state index contributed by atoms with van der Waals surface area (Å²) in [4.78, 5) is 11.0. The van der Waals surface area contributed by atoms with Gasteiger partial charge in [-0.3, -0.25) is 0 Å². The molecule has 0 aromatic heterocycles. The molecule has 1 heterocycles. The summed E-state index contributed by atoms with van der Waals surface area (Å²) in [5, 5.41) is 16.9. The van der Waals surface area contributed by atoms with Crippen molar-refractivity contribution in [3.05, 3.63) is 0 Å². The van der Waals surface area contributed by atoms with Gasteiger partial charge in [-0.15, -0.1) is 0 Å². The van der Waals surface area contributed by atoms with Crippen molar-refractivity contribution in [1.29, 1.82) is 0 Å². The van der Waals surface area contributed by atoms with Gasteiger partial charge in [0, 0.05) is 19.1 Å². The van der Waals surface area contributed by atoms with Crippen LogP contribution in [0.4, 0.5) is 4.79 Å². The maximum absolute atomic E-state index is 11.0. The lowest BCUT2D eigenvalue weighted by molar-refractivity contribution is 0.231. The van der Waals surface area contributed by atoms with Gasteiger partial charge in [-0.1, -0.05) is 0 Å². The molecule has 1 aliphatic rings. The predicted molar refractivity (Wildman–Crippen MR) is 44.9 cm³/mol. The van der Waals surface area contributed by atoms with Crippen LogP contribution in [0.3, 0.4) is 0 Å². The fourth-order valence-electron chi connectivity index (χ4n) is 1.18. The Morgan fingerprint density at radius 3 is 3.08 bits per heavy atom. The summed E-state index contributed by atoms with van der Waals surface area (Å²) in [5.74, 6) is 0. The first-order valence-electron chi connectivity index (χ1n) is 4.19. The molecule has 0 spiro atoms. The van der Waals surface area contributed by atoms with E-state index in [0.29, 0.717) is 6.54 Å². The number of nitrogens with one attached hydrogen (secondary N) is 3. The first-order chi connectivity index (χ1) is 5.83. The summed E-state index contributed by atoms with van der Waals surface area (Å²) in [5.41, 5.74) is 0. The number of aliphatic hydroxyl groups excluding tert-OH is 1. The van der Waals surface area contributed by atoms with Gasteiger partial charge >= 0.3 is 6.03 Å². The highest BCUT2D eigenvalue weighted by atomic mass is 16.3. The van der Waals surface area contributed by atoms with E-state index >= 15 is 0 Å². The first-order valence-corrected chi connectivity index (χ1v) is 4.19. The third-order valence-corrected chi connectivity index (χ3v) is 1.79. The lowest BCUT2D eigenvalue weighted by Crippen LogP contribution is -2.43. The molecule has 1 saturated heterocycles. The summed E-state index contributed by atoms with van der Waals surface area (Å²) in [6, 6.07) is 0.0430. The second-order valence-corrected chi connectivity index (χ2v) is 2.81. The molecule has 1 unspecified atom stereocenters. The van der Waals surface area contributed by atoms with Crippen LogP contribution in [0.5, 0.6) is 0 Å². The number of rotatable bonds is 3. The third-order valence-electron chi connectivity index (χ3n) is 1.79. The maximum atomic E-state index is 11.0. The van der Waals surface area contributed by atoms with Crippen LogP contribution in [0.25, 0.3) is 0 Å². The SMILES string of the molecule is O=C(NCCO)NC1CCNC1. The van der Waals surface area contributed by atoms with Crippen molar-refractivity contribution in [3.63, 3.8) is 0 Å². The van der Waals surface area contributed by atoms with Crippen molar-refractivity contribution < 1.29 is 9.90 Å². The quantitative estimate of drug-likeness (QED) is 0.426. The lowest BCUT2D eigenvalue weighted by atomic mass is 10.3. The van der Waals surface area contributed by atoms with Crippen LogP contribution in [-0.4, -0.2) is 43.4 Å². The summed E-state index contributed by atoms with van der Waals surface area (Å²) in [6.45, 7) is 2.10. The van der Waals surface area contributed by atoms with E-state index in [0.717, 1.165) is 19.5 Å². The zero-order chi connectivity index (χ0) is 8.81. The molecule has 12 heavy (non-hydrogen) atoms. The fourth-order valence-corrected chi connectivity index (χ4v) is 1.18. The Kier molecular flexibility index (Phi) is 3.83. The molecule has 5 heteroatoms. The molecule has 1 fully saturated rings. The Bertz CT molecular complexity index is 146. The molecular formula is C7H15N3O2. The molecule has 0 aromatic rings. The van der Waals surface area contributed by atoms with Gasteiger partial charge in [0.25, 0.3) is 0 Å². The third kappa shape index (κ3) is 3.06. The fraction of sp³-hybridized carbons (Fsp3) is 0.857. The van der Waals surface area contributed by atoms with Crippen molar-refractivity contribution in [2.45, 2.75) is 12.5 Å². The number of carbonyl (C=O) groups is 1. The second-order valence-electron chi connectivity index (χ2n) is 2.81. The molecule has 4 N–H and O–H groups in total. The van der Waals surface area contributed by atoms with Crippen LogP contribution in [0.2, 0.25) is 0 Å². The highest BCUT2D eigenvalue weighted by molar-refractivity contribution is 5.74. The van der Waals surface area contributed by atoms with Crippen LogP contribution in [0.15, 0.2) is 0 Å². The molecule has 5 nitrogen and oxygen atoms in total. The van der Waals surface area contributed by atoms with Crippen LogP contribution < -0.4 is 16.0 Å². The van der Waals surface area contributed by atoms with Gasteiger partial charge in [0.05, 0.1) is 6.61 Å². The van der Waals surface area contributed by atoms with Gasteiger partial charge in [-0.2, -0.15) is 0 Å². The van der Waals surface area contributed by atoms with E-state index < -0.39 is 0 Å². The molecule has 0 aromatic carbocycles. The Morgan fingerprint density at radius 2 is 2.50 bits per heavy atom. The van der Waals surface area contributed by atoms with Crippen LogP contribution in [0, 0.1) is 0 Å². The number of hydrogen-bond acceptors (Lipinski definition) is 3. The molecule has 0 bridgehead atoms. The zero-order valence-corrected chi connectivity index (χ0v) is 6.97. The summed E-state index contributed by atoms with van der Waals surface area (Å²) >= 11 is 0. The molecular weight excluding hydrogens is 158 g/mol. The van der Waals surface area contributed by atoms with Gasteiger partial charge < -0.3 is 21.1 Å². The monoisotopic (exact) mass is 173 g/mol. The predicted octanol–water partition coefficient (Wildman–Crippen LogP) is -1.36. The average Bonchev–Trinajstić information content (AvgIpc) is 2.53. The highest BCUT2D eigenvalue weighted by Crippen LogP contribution is 1.95. The molecule has 70 valence electrons. The molecule has 2 amide bonds. The number of hydrogen-bond donors (Lipinski definition) is 4. The van der Waals surface area contributed by atoms with Crippen molar-refractivity contribution in [2.75, 3.05) is 26.2 Å². The normalized spacial score (nSPS) is 22.2. The minimum Gasteiger partial charge on any atom is -0.395 e. The molecule has 0 radical (unpaired) electrons. The van der Waals surface area contributed by atoms with E-state index in [9.17, 15) is 4.79 Å². The van der Waals surface area contributed by atoms with Crippen LogP contribution in [0.1, 0.15) is 6.42 Å². The second kappa shape index (κ2) is 4.95. The van der Waals surface area contributed by atoms with Crippen LogP contribution in [-0.2, 0) is 0 Å². The van der Waals surface area contributed by atoms with E-state index in [1.165, 1.54) is 0 Å². The summed E-state index contributed by atoms with van der Waals surface area (Å²) in [7, 11) is 0. The summed E-state index contributed by atoms with van der Waals surface area (Å²) < 4.78 is 0. The minimum atomic E-state index is -0.197. The van der Waals surface area contributed by atoms with Gasteiger partial charge in [-0.25, -0.2) is 4.79 Å². The molecule has 0 aliphatic carbocycles. The number of urea groups is 1. The minimum absolute atomic E-state index is 0.0175. The Labute approximate surface area is 71.5 Å². The largest absolute Gasteiger partial charge is 0.395 e. The number of carbonyl (C=O) groups excluding carboxylic acids is 1. The van der Waals surface area contributed by atoms with E-state index in [-0.39, 0.29) is 18.7 Å². The zero-order valence-electron chi connectivity index (χ0n) is 6.97. The number of aliphatic hydroxyl groups is 1. The average molecular weight is 173 g/mol. The maximum Gasteiger partial charge on any atom is 0.315 e. The Balaban J connectivity index is 2.08. The molecule has 0 saturated carbocycles. The summed E-state index contributed by atoms with van der Waals surface area (Å²) in [6.07, 6.45) is 0.979. The van der Waals surface area contributed by atoms with Crippen molar-refractivity contribution in [2.24, 2.45) is 0 Å². The van der Waals surface area contributed by atoms with E-state index in [1.807, 2.05) is 0 Å². The van der Waals surface area contributed by atoms with Crippen molar-refractivity contribution in [1.82, 2.24) is 16.0 Å². The Morgan fingerprint density at radius 1 is 1.67 bits per heavy atom. The van der Waals surface area contributed by atoms with E-state index in [1.54, 1.807) is 0 Å². The van der Waals surface area contributed by atoms with Crippen LogP contribution >= 0.6 is 0 Å². The van der Waals surface area contributed by atoms with Gasteiger partial charge in [-0.05, 0) is 13.0 Å². The standard InChI is InChI=1S/C7H15N3O2/c11-4-3-9-7(12)10-6-1-2-8-5-6/h6,8,11H,1-5H2,(H2,9,10,12). The Hall–Kier alpha value is -0.810.